The minimum Gasteiger partial charge on any atom is -0.378 e. The van der Waals surface area contributed by atoms with Gasteiger partial charge in [-0.2, -0.15) is 0 Å². The summed E-state index contributed by atoms with van der Waals surface area (Å²) in [5, 5.41) is 2.97. The number of rotatable bonds is 10. The van der Waals surface area contributed by atoms with Gasteiger partial charge in [-0.3, -0.25) is 9.59 Å². The molecule has 3 atom stereocenters. The van der Waals surface area contributed by atoms with E-state index in [-0.39, 0.29) is 17.6 Å². The second-order valence-corrected chi connectivity index (χ2v) is 9.12. The van der Waals surface area contributed by atoms with E-state index in [0.717, 1.165) is 25.7 Å². The van der Waals surface area contributed by atoms with Crippen molar-refractivity contribution in [1.82, 2.24) is 10.2 Å². The van der Waals surface area contributed by atoms with Crippen molar-refractivity contribution in [3.05, 3.63) is 71.5 Å². The zero-order valence-corrected chi connectivity index (χ0v) is 19.0. The molecular formula is C27H33FN2O3. The summed E-state index contributed by atoms with van der Waals surface area (Å²) in [5.41, 5.74) is 1.80. The largest absolute Gasteiger partial charge is 0.378 e. The smallest absolute Gasteiger partial charge is 0.251 e. The number of hydrogen-bond acceptors (Lipinski definition) is 3. The molecule has 2 fully saturated rings. The van der Waals surface area contributed by atoms with Crippen LogP contribution < -0.4 is 5.32 Å². The second-order valence-electron chi connectivity index (χ2n) is 9.12. The Morgan fingerprint density at radius 1 is 1.00 bits per heavy atom. The van der Waals surface area contributed by atoms with E-state index in [4.69, 9.17) is 4.74 Å². The molecule has 6 heteroatoms. The second kappa shape index (κ2) is 11.4. The van der Waals surface area contributed by atoms with E-state index in [0.29, 0.717) is 50.1 Å². The predicted molar refractivity (Wildman–Crippen MR) is 125 cm³/mol. The Morgan fingerprint density at radius 3 is 2.45 bits per heavy atom. The fraction of sp³-hybridized carbons (Fsp3) is 0.481. The molecule has 0 unspecified atom stereocenters. The normalized spacial score (nSPS) is 20.8. The Kier molecular flexibility index (Phi) is 8.10. The number of nitrogens with zero attached hydrogens (tertiary/aromatic N) is 1. The van der Waals surface area contributed by atoms with Crippen LogP contribution in [0.15, 0.2) is 54.6 Å². The third-order valence-corrected chi connectivity index (χ3v) is 6.75. The Hall–Kier alpha value is -2.73. The molecule has 0 bridgehead atoms. The number of nitrogens with one attached hydrogen (secondary N) is 1. The van der Waals surface area contributed by atoms with Gasteiger partial charge in [-0.05, 0) is 60.9 Å². The van der Waals surface area contributed by atoms with Gasteiger partial charge < -0.3 is 15.0 Å². The fourth-order valence-electron chi connectivity index (χ4n) is 4.71. The maximum atomic E-state index is 13.1. The molecule has 1 saturated heterocycles. The average Bonchev–Trinajstić information content (AvgIpc) is 3.63. The van der Waals surface area contributed by atoms with Gasteiger partial charge in [0.25, 0.3) is 5.91 Å². The molecule has 2 amide bonds. The topological polar surface area (TPSA) is 58.6 Å². The summed E-state index contributed by atoms with van der Waals surface area (Å²) in [5.74, 6) is 0.838. The molecule has 2 aromatic carbocycles. The van der Waals surface area contributed by atoms with Crippen molar-refractivity contribution in [2.24, 2.45) is 5.92 Å². The number of ether oxygens (including phenoxy) is 1. The Labute approximate surface area is 195 Å². The lowest BCUT2D eigenvalue weighted by Crippen LogP contribution is -2.51. The highest BCUT2D eigenvalue weighted by atomic mass is 19.1. The lowest BCUT2D eigenvalue weighted by atomic mass is 10.0. The highest BCUT2D eigenvalue weighted by molar-refractivity contribution is 5.97. The molecule has 0 radical (unpaired) electrons. The quantitative estimate of drug-likeness (QED) is 0.539. The van der Waals surface area contributed by atoms with E-state index in [1.54, 1.807) is 29.2 Å². The molecule has 2 aromatic rings. The highest BCUT2D eigenvalue weighted by Gasteiger charge is 2.37. The lowest BCUT2D eigenvalue weighted by molar-refractivity contribution is -0.137. The van der Waals surface area contributed by atoms with Crippen LogP contribution >= 0.6 is 0 Å². The molecule has 2 aliphatic rings. The van der Waals surface area contributed by atoms with Gasteiger partial charge in [-0.15, -0.1) is 0 Å². The monoisotopic (exact) mass is 452 g/mol. The van der Waals surface area contributed by atoms with Crippen LogP contribution in [0.5, 0.6) is 0 Å². The summed E-state index contributed by atoms with van der Waals surface area (Å²) in [7, 11) is 0. The molecule has 4 rings (SSSR count). The predicted octanol–water partition coefficient (Wildman–Crippen LogP) is 4.54. The molecule has 0 aromatic heterocycles. The van der Waals surface area contributed by atoms with Crippen molar-refractivity contribution in [3.63, 3.8) is 0 Å². The summed E-state index contributed by atoms with van der Waals surface area (Å²) in [6, 6.07) is 15.4. The van der Waals surface area contributed by atoms with Gasteiger partial charge in [0, 0.05) is 18.7 Å². The molecule has 1 saturated carbocycles. The maximum absolute atomic E-state index is 13.1. The number of benzene rings is 2. The van der Waals surface area contributed by atoms with Crippen molar-refractivity contribution < 1.29 is 18.7 Å². The maximum Gasteiger partial charge on any atom is 0.251 e. The number of hydrogen-bond donors (Lipinski definition) is 1. The first-order valence-corrected chi connectivity index (χ1v) is 12.1. The number of carbonyl (C=O) groups excluding carboxylic acids is 2. The van der Waals surface area contributed by atoms with E-state index in [1.807, 2.05) is 30.3 Å². The molecule has 1 N–H and O–H groups in total. The first kappa shape index (κ1) is 23.4. The summed E-state index contributed by atoms with van der Waals surface area (Å²) >= 11 is 0. The molecule has 1 aliphatic carbocycles. The van der Waals surface area contributed by atoms with E-state index in [2.05, 4.69) is 5.32 Å². The van der Waals surface area contributed by atoms with Crippen LogP contribution in [0.2, 0.25) is 0 Å². The van der Waals surface area contributed by atoms with Gasteiger partial charge >= 0.3 is 0 Å². The van der Waals surface area contributed by atoms with Crippen LogP contribution in [0.4, 0.5) is 4.39 Å². The van der Waals surface area contributed by atoms with Gasteiger partial charge in [-0.1, -0.05) is 49.6 Å². The Balaban J connectivity index is 1.24. The summed E-state index contributed by atoms with van der Waals surface area (Å²) in [6.07, 6.45) is 6.00. The van der Waals surface area contributed by atoms with Crippen LogP contribution in [-0.4, -0.2) is 49.1 Å². The zero-order valence-electron chi connectivity index (χ0n) is 19.0. The Morgan fingerprint density at radius 2 is 1.73 bits per heavy atom. The van der Waals surface area contributed by atoms with Gasteiger partial charge in [-0.25, -0.2) is 4.39 Å². The van der Waals surface area contributed by atoms with Crippen LogP contribution in [0.3, 0.4) is 0 Å². The fourth-order valence-corrected chi connectivity index (χ4v) is 4.71. The van der Waals surface area contributed by atoms with Gasteiger partial charge in [0.2, 0.25) is 5.91 Å². The zero-order chi connectivity index (χ0) is 23.0. The molecular weight excluding hydrogens is 419 g/mol. The summed E-state index contributed by atoms with van der Waals surface area (Å²) < 4.78 is 18.5. The number of morpholine rings is 1. The van der Waals surface area contributed by atoms with E-state index in [1.165, 1.54) is 12.0 Å². The third-order valence-electron chi connectivity index (χ3n) is 6.75. The number of halogens is 1. The molecule has 1 heterocycles. The van der Waals surface area contributed by atoms with Crippen LogP contribution in [0.1, 0.15) is 60.4 Å². The van der Waals surface area contributed by atoms with Crippen molar-refractivity contribution in [2.45, 2.75) is 50.5 Å². The minimum absolute atomic E-state index is 0.0128. The first-order valence-electron chi connectivity index (χ1n) is 12.1. The highest BCUT2D eigenvalue weighted by Crippen LogP contribution is 2.50. The SMILES string of the molecule is O=C(N[C@@H](CCCCC[C@@H]1C[C@H]1c1ccc(F)cc1)C(=O)N1CCOCC1)c1ccccc1. The Bertz CT molecular complexity index is 913. The van der Waals surface area contributed by atoms with Crippen LogP contribution in [0, 0.1) is 11.7 Å². The van der Waals surface area contributed by atoms with Crippen molar-refractivity contribution in [1.29, 1.82) is 0 Å². The van der Waals surface area contributed by atoms with Gasteiger partial charge in [0.15, 0.2) is 0 Å². The summed E-state index contributed by atoms with van der Waals surface area (Å²) in [4.78, 5) is 27.6. The number of amides is 2. The van der Waals surface area contributed by atoms with Crippen molar-refractivity contribution in [3.8, 4) is 0 Å². The van der Waals surface area contributed by atoms with E-state index < -0.39 is 6.04 Å². The van der Waals surface area contributed by atoms with E-state index in [9.17, 15) is 14.0 Å². The molecule has 5 nitrogen and oxygen atoms in total. The third kappa shape index (κ3) is 6.64. The standard InChI is InChI=1S/C27H33FN2O3/c28-23-13-11-20(12-14-23)24-19-22(24)9-5-2-6-10-25(27(32)30-15-17-33-18-16-30)29-26(31)21-7-3-1-4-8-21/h1,3-4,7-8,11-14,22,24-25H,2,5-6,9-10,15-19H2,(H,29,31)/t22-,24+,25+/m1/s1. The van der Waals surface area contributed by atoms with E-state index >= 15 is 0 Å². The van der Waals surface area contributed by atoms with Crippen molar-refractivity contribution >= 4 is 11.8 Å². The molecule has 0 spiro atoms. The molecule has 176 valence electrons. The molecule has 1 aliphatic heterocycles. The number of unbranched alkanes of at least 4 members (excludes halogenated alkanes) is 2. The lowest BCUT2D eigenvalue weighted by Gasteiger charge is -2.30. The van der Waals surface area contributed by atoms with Crippen LogP contribution in [0.25, 0.3) is 0 Å². The van der Waals surface area contributed by atoms with Gasteiger partial charge in [0.05, 0.1) is 13.2 Å². The average molecular weight is 453 g/mol. The minimum atomic E-state index is -0.510. The molecule has 33 heavy (non-hydrogen) atoms. The summed E-state index contributed by atoms with van der Waals surface area (Å²) in [6.45, 7) is 2.23. The van der Waals surface area contributed by atoms with Crippen LogP contribution in [-0.2, 0) is 9.53 Å². The van der Waals surface area contributed by atoms with Crippen molar-refractivity contribution in [2.75, 3.05) is 26.3 Å². The van der Waals surface area contributed by atoms with Gasteiger partial charge in [0.1, 0.15) is 11.9 Å². The first-order chi connectivity index (χ1) is 16.1. The number of carbonyl (C=O) groups is 2.